The first kappa shape index (κ1) is 21.8. The molecule has 0 amide bonds. The molecule has 4 nitrogen and oxygen atoms in total. The van der Waals surface area contributed by atoms with Crippen molar-refractivity contribution in [1.29, 1.82) is 0 Å². The number of aliphatic hydroxyl groups is 1. The van der Waals surface area contributed by atoms with Gasteiger partial charge in [0.1, 0.15) is 5.82 Å². The van der Waals surface area contributed by atoms with Gasteiger partial charge in [0.15, 0.2) is 5.78 Å². The highest BCUT2D eigenvalue weighted by Gasteiger charge is 2.58. The Morgan fingerprint density at radius 3 is 2.76 bits per heavy atom. The fourth-order valence-corrected chi connectivity index (χ4v) is 9.01. The summed E-state index contributed by atoms with van der Waals surface area (Å²) in [6.45, 7) is 4.72. The molecule has 1 unspecified atom stereocenters. The summed E-state index contributed by atoms with van der Waals surface area (Å²) in [6.07, 6.45) is 12.0. The fraction of sp³-hybridized carbons (Fsp3) is 0.714. The maximum Gasteiger partial charge on any atom is 0.157 e. The van der Waals surface area contributed by atoms with E-state index in [0.29, 0.717) is 17.6 Å². The third-order valence-corrected chi connectivity index (χ3v) is 10.5. The van der Waals surface area contributed by atoms with E-state index in [0.717, 1.165) is 54.3 Å². The second-order valence-electron chi connectivity index (χ2n) is 12.3. The lowest BCUT2D eigenvalue weighted by Crippen LogP contribution is -2.51. The highest BCUT2D eigenvalue weighted by atomic mass is 19.1. The summed E-state index contributed by atoms with van der Waals surface area (Å²) >= 11 is 0. The van der Waals surface area contributed by atoms with E-state index in [1.54, 1.807) is 16.9 Å². The highest BCUT2D eigenvalue weighted by molar-refractivity contribution is 5.83. The van der Waals surface area contributed by atoms with Crippen molar-refractivity contribution < 1.29 is 14.3 Å². The van der Waals surface area contributed by atoms with E-state index in [2.05, 4.69) is 12.0 Å². The standard InChI is InChI=1S/C28H37FN2O2/c1-27(33)11-9-20-17(14-27)3-5-22-21(20)10-12-28(2)23(22)6-7-24(28)26(32)16-31-15-18-13-19(29)4-8-25(18)30-31/h4,8,13,15,17,20-24,33H,3,5-7,9-12,14,16H2,1-2H3/t17?,20-,21+,22+,23-,24+,27+,28-/m0/s1. The first-order chi connectivity index (χ1) is 15.7. The fourth-order valence-electron chi connectivity index (χ4n) is 9.01. The van der Waals surface area contributed by atoms with E-state index >= 15 is 0 Å². The molecule has 33 heavy (non-hydrogen) atoms. The van der Waals surface area contributed by atoms with E-state index in [-0.39, 0.29) is 23.7 Å². The molecule has 0 saturated heterocycles. The first-order valence-electron chi connectivity index (χ1n) is 13.1. The molecular weight excluding hydrogens is 415 g/mol. The molecular formula is C28H37FN2O2. The van der Waals surface area contributed by atoms with Gasteiger partial charge >= 0.3 is 0 Å². The molecule has 1 aromatic carbocycles. The lowest BCUT2D eigenvalue weighted by atomic mass is 9.49. The van der Waals surface area contributed by atoms with Gasteiger partial charge < -0.3 is 5.11 Å². The Hall–Kier alpha value is -1.75. The highest BCUT2D eigenvalue weighted by Crippen LogP contribution is 2.64. The number of Topliss-reactive ketones (excluding diaryl/α,β-unsaturated/α-hetero) is 1. The van der Waals surface area contributed by atoms with E-state index < -0.39 is 5.60 Å². The molecule has 5 heteroatoms. The summed E-state index contributed by atoms with van der Waals surface area (Å²) in [4.78, 5) is 13.5. The number of ketones is 1. The number of nitrogens with zero attached hydrogens (tertiary/aromatic N) is 2. The minimum atomic E-state index is -0.467. The van der Waals surface area contributed by atoms with Gasteiger partial charge in [0.2, 0.25) is 0 Å². The molecule has 4 aliphatic carbocycles. The predicted octanol–water partition coefficient (Wildman–Crippen LogP) is 5.76. The predicted molar refractivity (Wildman–Crippen MR) is 126 cm³/mol. The van der Waals surface area contributed by atoms with Crippen molar-refractivity contribution in [2.75, 3.05) is 0 Å². The summed E-state index contributed by atoms with van der Waals surface area (Å²) in [5, 5.41) is 15.9. The van der Waals surface area contributed by atoms with Crippen molar-refractivity contribution in [2.24, 2.45) is 40.9 Å². The zero-order valence-electron chi connectivity index (χ0n) is 20.0. The van der Waals surface area contributed by atoms with E-state index in [1.807, 2.05) is 6.92 Å². The molecule has 4 fully saturated rings. The Balaban J connectivity index is 1.18. The number of fused-ring (bicyclic) bond motifs is 6. The Bertz CT molecular complexity index is 1080. The number of aromatic nitrogens is 2. The van der Waals surface area contributed by atoms with Crippen LogP contribution in [-0.4, -0.2) is 26.3 Å². The Labute approximate surface area is 195 Å². The average Bonchev–Trinajstić information content (AvgIpc) is 3.32. The largest absolute Gasteiger partial charge is 0.390 e. The van der Waals surface area contributed by atoms with Crippen LogP contribution in [0.2, 0.25) is 0 Å². The van der Waals surface area contributed by atoms with Crippen molar-refractivity contribution >= 4 is 16.7 Å². The van der Waals surface area contributed by atoms with Gasteiger partial charge in [-0.15, -0.1) is 0 Å². The quantitative estimate of drug-likeness (QED) is 0.644. The molecule has 0 radical (unpaired) electrons. The van der Waals surface area contributed by atoms with Crippen LogP contribution in [0, 0.1) is 46.7 Å². The zero-order chi connectivity index (χ0) is 23.0. The van der Waals surface area contributed by atoms with Crippen LogP contribution in [0.1, 0.15) is 71.6 Å². The van der Waals surface area contributed by atoms with Gasteiger partial charge in [-0.3, -0.25) is 9.48 Å². The van der Waals surface area contributed by atoms with Gasteiger partial charge in [-0.2, -0.15) is 5.10 Å². The second-order valence-corrected chi connectivity index (χ2v) is 12.3. The van der Waals surface area contributed by atoms with Gasteiger partial charge in [-0.25, -0.2) is 4.39 Å². The molecule has 1 N–H and O–H groups in total. The van der Waals surface area contributed by atoms with Crippen molar-refractivity contribution in [3.63, 3.8) is 0 Å². The molecule has 8 atom stereocenters. The first-order valence-corrected chi connectivity index (χ1v) is 13.1. The van der Waals surface area contributed by atoms with Crippen molar-refractivity contribution in [3.05, 3.63) is 30.2 Å². The maximum atomic E-state index is 13.6. The number of carbonyl (C=O) groups excluding carboxylic acids is 1. The Morgan fingerprint density at radius 2 is 1.91 bits per heavy atom. The van der Waals surface area contributed by atoms with Gasteiger partial charge in [-0.1, -0.05) is 6.92 Å². The summed E-state index contributed by atoms with van der Waals surface area (Å²) in [6, 6.07) is 4.59. The summed E-state index contributed by atoms with van der Waals surface area (Å²) in [5.74, 6) is 3.80. The molecule has 1 heterocycles. The summed E-state index contributed by atoms with van der Waals surface area (Å²) in [7, 11) is 0. The topological polar surface area (TPSA) is 55.1 Å². The Morgan fingerprint density at radius 1 is 1.09 bits per heavy atom. The van der Waals surface area contributed by atoms with Crippen LogP contribution in [0.4, 0.5) is 4.39 Å². The maximum absolute atomic E-state index is 13.6. The van der Waals surface area contributed by atoms with Gasteiger partial charge in [0, 0.05) is 17.5 Å². The van der Waals surface area contributed by atoms with Gasteiger partial charge in [-0.05, 0) is 118 Å². The van der Waals surface area contributed by atoms with E-state index in [1.165, 1.54) is 44.2 Å². The summed E-state index contributed by atoms with van der Waals surface area (Å²) < 4.78 is 15.3. The van der Waals surface area contributed by atoms with Crippen LogP contribution >= 0.6 is 0 Å². The van der Waals surface area contributed by atoms with E-state index in [4.69, 9.17) is 0 Å². The van der Waals surface area contributed by atoms with Crippen LogP contribution < -0.4 is 0 Å². The number of hydrogen-bond acceptors (Lipinski definition) is 3. The molecule has 1 aromatic heterocycles. The molecule has 2 aromatic rings. The molecule has 4 aliphatic rings. The normalized spacial score (nSPS) is 42.5. The minimum absolute atomic E-state index is 0.101. The number of carbonyl (C=O) groups is 1. The monoisotopic (exact) mass is 452 g/mol. The van der Waals surface area contributed by atoms with Gasteiger partial charge in [0.25, 0.3) is 0 Å². The van der Waals surface area contributed by atoms with E-state index in [9.17, 15) is 14.3 Å². The number of rotatable bonds is 3. The number of benzene rings is 1. The Kier molecular flexibility index (Phi) is 5.03. The van der Waals surface area contributed by atoms with Crippen molar-refractivity contribution in [3.8, 4) is 0 Å². The van der Waals surface area contributed by atoms with Crippen molar-refractivity contribution in [2.45, 2.75) is 83.8 Å². The van der Waals surface area contributed by atoms with Crippen LogP contribution in [0.25, 0.3) is 10.9 Å². The second kappa shape index (κ2) is 7.63. The summed E-state index contributed by atoms with van der Waals surface area (Å²) in [5.41, 5.74) is 0.373. The number of hydrogen-bond donors (Lipinski definition) is 1. The smallest absolute Gasteiger partial charge is 0.157 e. The van der Waals surface area contributed by atoms with Gasteiger partial charge in [0.05, 0.1) is 17.7 Å². The van der Waals surface area contributed by atoms with Crippen LogP contribution in [0.5, 0.6) is 0 Å². The molecule has 6 rings (SSSR count). The van der Waals surface area contributed by atoms with Crippen LogP contribution in [-0.2, 0) is 11.3 Å². The van der Waals surface area contributed by atoms with Crippen LogP contribution in [0.15, 0.2) is 24.4 Å². The molecule has 4 saturated carbocycles. The third-order valence-electron chi connectivity index (χ3n) is 10.5. The number of halogens is 1. The zero-order valence-corrected chi connectivity index (χ0v) is 20.0. The molecule has 0 bridgehead atoms. The molecule has 0 aliphatic heterocycles. The average molecular weight is 453 g/mol. The van der Waals surface area contributed by atoms with Crippen molar-refractivity contribution in [1.82, 2.24) is 9.78 Å². The SMILES string of the molecule is C[C@@]1(O)CC[C@H]2C(CC[C@@H]3[C@@H]2CC[C@]2(C)[C@@H](C(=O)Cn4cc5cc(F)ccc5n4)CC[C@@H]32)C1. The van der Waals surface area contributed by atoms with Crippen LogP contribution in [0.3, 0.4) is 0 Å². The lowest BCUT2D eigenvalue weighted by Gasteiger charge is -2.56. The minimum Gasteiger partial charge on any atom is -0.390 e. The lowest BCUT2D eigenvalue weighted by molar-refractivity contribution is -0.133. The third kappa shape index (κ3) is 3.57. The molecule has 178 valence electrons. The molecule has 0 spiro atoms.